The minimum Gasteiger partial charge on any atom is -0.382 e. The molecule has 0 aliphatic carbocycles. The van der Waals surface area contributed by atoms with E-state index in [4.69, 9.17) is 0 Å². The van der Waals surface area contributed by atoms with E-state index in [0.717, 1.165) is 12.0 Å². The number of allylic oxidation sites excluding steroid dienone is 1. The molecule has 0 amide bonds. The first-order chi connectivity index (χ1) is 10.1. The fraction of sp³-hybridized carbons (Fsp3) is 0.200. The van der Waals surface area contributed by atoms with E-state index in [1.165, 1.54) is 16.8 Å². The van der Waals surface area contributed by atoms with Crippen LogP contribution in [0, 0.1) is 5.82 Å². The van der Waals surface area contributed by atoms with Crippen LogP contribution in [0.15, 0.2) is 52.4 Å². The van der Waals surface area contributed by atoms with E-state index in [2.05, 4.69) is 32.9 Å². The Morgan fingerprint density at radius 1 is 1.38 bits per heavy atom. The predicted octanol–water partition coefficient (Wildman–Crippen LogP) is 2.99. The summed E-state index contributed by atoms with van der Waals surface area (Å²) in [6.07, 6.45) is 3.94. The molecule has 2 aromatic rings. The fourth-order valence-electron chi connectivity index (χ4n) is 1.83. The first-order valence-electron chi connectivity index (χ1n) is 6.46. The molecule has 0 bridgehead atoms. The van der Waals surface area contributed by atoms with Crippen molar-refractivity contribution < 1.29 is 4.39 Å². The Labute approximate surface area is 130 Å². The number of halogens is 2. The molecule has 1 aromatic carbocycles. The van der Waals surface area contributed by atoms with Crippen LogP contribution in [0.2, 0.25) is 0 Å². The van der Waals surface area contributed by atoms with Gasteiger partial charge in [0.15, 0.2) is 0 Å². The molecule has 0 saturated heterocycles. The highest BCUT2D eigenvalue weighted by Gasteiger charge is 2.07. The molecular formula is C15H15BrFN3O. The molecule has 0 saturated carbocycles. The van der Waals surface area contributed by atoms with Gasteiger partial charge in [0, 0.05) is 6.54 Å². The van der Waals surface area contributed by atoms with Crippen LogP contribution in [-0.2, 0) is 13.0 Å². The SMILES string of the molecule is C=CCn1ncc(NCCc2ccc(F)cc2)c(Br)c1=O. The van der Waals surface area contributed by atoms with Gasteiger partial charge in [-0.1, -0.05) is 18.2 Å². The smallest absolute Gasteiger partial charge is 0.283 e. The van der Waals surface area contributed by atoms with Crippen LogP contribution in [0.3, 0.4) is 0 Å². The largest absolute Gasteiger partial charge is 0.382 e. The highest BCUT2D eigenvalue weighted by molar-refractivity contribution is 9.10. The maximum absolute atomic E-state index is 12.8. The Bertz CT molecular complexity index is 682. The average Bonchev–Trinajstić information content (AvgIpc) is 2.48. The molecule has 6 heteroatoms. The van der Waals surface area contributed by atoms with Crippen LogP contribution in [0.4, 0.5) is 10.1 Å². The van der Waals surface area contributed by atoms with Crippen LogP contribution in [0.1, 0.15) is 5.56 Å². The van der Waals surface area contributed by atoms with Gasteiger partial charge in [0.1, 0.15) is 10.3 Å². The Morgan fingerprint density at radius 3 is 2.76 bits per heavy atom. The van der Waals surface area contributed by atoms with Gasteiger partial charge in [-0.3, -0.25) is 4.79 Å². The van der Waals surface area contributed by atoms with Crippen LogP contribution in [-0.4, -0.2) is 16.3 Å². The van der Waals surface area contributed by atoms with Crippen molar-refractivity contribution in [3.8, 4) is 0 Å². The van der Waals surface area contributed by atoms with Crippen LogP contribution in [0.25, 0.3) is 0 Å². The highest BCUT2D eigenvalue weighted by Crippen LogP contribution is 2.16. The molecule has 0 aliphatic rings. The summed E-state index contributed by atoms with van der Waals surface area (Å²) in [6.45, 7) is 4.57. The van der Waals surface area contributed by atoms with Crippen LogP contribution >= 0.6 is 15.9 Å². The maximum atomic E-state index is 12.8. The van der Waals surface area contributed by atoms with Crippen molar-refractivity contribution >= 4 is 21.6 Å². The third kappa shape index (κ3) is 4.01. The first kappa shape index (κ1) is 15.4. The van der Waals surface area contributed by atoms with Crippen LogP contribution < -0.4 is 10.9 Å². The minimum absolute atomic E-state index is 0.207. The lowest BCUT2D eigenvalue weighted by Gasteiger charge is -2.09. The third-order valence-corrected chi connectivity index (χ3v) is 3.70. The third-order valence-electron chi connectivity index (χ3n) is 2.93. The summed E-state index contributed by atoms with van der Waals surface area (Å²) in [5.74, 6) is -0.246. The van der Waals surface area contributed by atoms with Gasteiger partial charge in [0.25, 0.3) is 5.56 Å². The lowest BCUT2D eigenvalue weighted by molar-refractivity contribution is 0.627. The van der Waals surface area contributed by atoms with Gasteiger partial charge in [-0.2, -0.15) is 5.10 Å². The Hall–Kier alpha value is -1.95. The first-order valence-corrected chi connectivity index (χ1v) is 7.26. The van der Waals surface area contributed by atoms with E-state index in [0.29, 0.717) is 23.2 Å². The van der Waals surface area contributed by atoms with Crippen molar-refractivity contribution in [1.29, 1.82) is 0 Å². The van der Waals surface area contributed by atoms with E-state index < -0.39 is 0 Å². The summed E-state index contributed by atoms with van der Waals surface area (Å²) < 4.78 is 14.6. The quantitative estimate of drug-likeness (QED) is 0.813. The number of benzene rings is 1. The lowest BCUT2D eigenvalue weighted by atomic mass is 10.1. The van der Waals surface area contributed by atoms with Gasteiger partial charge in [-0.15, -0.1) is 6.58 Å². The van der Waals surface area contributed by atoms with Gasteiger partial charge in [-0.05, 0) is 40.0 Å². The van der Waals surface area contributed by atoms with E-state index >= 15 is 0 Å². The fourth-order valence-corrected chi connectivity index (χ4v) is 2.28. The number of anilines is 1. The Balaban J connectivity index is 2.00. The molecule has 0 unspecified atom stereocenters. The Morgan fingerprint density at radius 2 is 2.10 bits per heavy atom. The van der Waals surface area contributed by atoms with Gasteiger partial charge in [0.2, 0.25) is 0 Å². The normalized spacial score (nSPS) is 10.4. The van der Waals surface area contributed by atoms with Gasteiger partial charge >= 0.3 is 0 Å². The second-order valence-corrected chi connectivity index (χ2v) is 5.24. The molecule has 0 fully saturated rings. The molecule has 0 atom stereocenters. The Kier molecular flexibility index (Phi) is 5.27. The van der Waals surface area contributed by atoms with Gasteiger partial charge in [0.05, 0.1) is 18.4 Å². The number of rotatable bonds is 6. The molecule has 110 valence electrons. The maximum Gasteiger partial charge on any atom is 0.283 e. The zero-order valence-corrected chi connectivity index (χ0v) is 12.9. The number of aromatic nitrogens is 2. The van der Waals surface area contributed by atoms with Crippen molar-refractivity contribution in [3.05, 3.63) is 69.3 Å². The van der Waals surface area contributed by atoms with E-state index in [-0.39, 0.29) is 11.4 Å². The summed E-state index contributed by atoms with van der Waals surface area (Å²) in [4.78, 5) is 12.0. The van der Waals surface area contributed by atoms with Crippen molar-refractivity contribution in [1.82, 2.24) is 9.78 Å². The second kappa shape index (κ2) is 7.17. The molecule has 0 aliphatic heterocycles. The number of nitrogens with one attached hydrogen (secondary N) is 1. The minimum atomic E-state index is -0.246. The molecular weight excluding hydrogens is 337 g/mol. The molecule has 1 heterocycles. The summed E-state index contributed by atoms with van der Waals surface area (Å²) in [5.41, 5.74) is 1.46. The molecule has 0 radical (unpaired) electrons. The second-order valence-electron chi connectivity index (χ2n) is 4.45. The summed E-state index contributed by atoms with van der Waals surface area (Å²) in [5, 5.41) is 7.20. The predicted molar refractivity (Wildman–Crippen MR) is 85.0 cm³/mol. The van der Waals surface area contributed by atoms with Crippen molar-refractivity contribution in [2.45, 2.75) is 13.0 Å². The van der Waals surface area contributed by atoms with Gasteiger partial charge in [-0.25, -0.2) is 9.07 Å². The zero-order chi connectivity index (χ0) is 15.2. The summed E-state index contributed by atoms with van der Waals surface area (Å²) in [7, 11) is 0. The molecule has 0 spiro atoms. The lowest BCUT2D eigenvalue weighted by Crippen LogP contribution is -2.24. The average molecular weight is 352 g/mol. The molecule has 21 heavy (non-hydrogen) atoms. The van der Waals surface area contributed by atoms with Gasteiger partial charge < -0.3 is 5.32 Å². The summed E-state index contributed by atoms with van der Waals surface area (Å²) >= 11 is 3.28. The monoisotopic (exact) mass is 351 g/mol. The summed E-state index contributed by atoms with van der Waals surface area (Å²) in [6, 6.07) is 6.35. The van der Waals surface area contributed by atoms with Crippen molar-refractivity contribution in [3.63, 3.8) is 0 Å². The van der Waals surface area contributed by atoms with Crippen molar-refractivity contribution in [2.75, 3.05) is 11.9 Å². The molecule has 2 rings (SSSR count). The van der Waals surface area contributed by atoms with E-state index in [9.17, 15) is 9.18 Å². The number of nitrogens with zero attached hydrogens (tertiary/aromatic N) is 2. The van der Waals surface area contributed by atoms with E-state index in [1.807, 2.05) is 0 Å². The topological polar surface area (TPSA) is 46.9 Å². The highest BCUT2D eigenvalue weighted by atomic mass is 79.9. The molecule has 1 aromatic heterocycles. The van der Waals surface area contributed by atoms with Crippen LogP contribution in [0.5, 0.6) is 0 Å². The van der Waals surface area contributed by atoms with E-state index in [1.54, 1.807) is 24.4 Å². The standard InChI is InChI=1S/C15H15BrFN3O/c1-2-9-20-15(21)14(16)13(10-19-20)18-8-7-11-3-5-12(17)6-4-11/h2-6,10,18H,1,7-9H2. The van der Waals surface area contributed by atoms with Crippen molar-refractivity contribution in [2.24, 2.45) is 0 Å². The number of hydrogen-bond acceptors (Lipinski definition) is 3. The molecule has 1 N–H and O–H groups in total. The molecule has 4 nitrogen and oxygen atoms in total. The number of hydrogen-bond donors (Lipinski definition) is 1. The zero-order valence-electron chi connectivity index (χ0n) is 11.4.